The summed E-state index contributed by atoms with van der Waals surface area (Å²) in [6.45, 7) is 0. The molecular formula is C47H36N2. The minimum Gasteiger partial charge on any atom is -0.310 e. The van der Waals surface area contributed by atoms with E-state index in [1.54, 1.807) is 0 Å². The zero-order valence-electron chi connectivity index (χ0n) is 27.3. The van der Waals surface area contributed by atoms with Crippen molar-refractivity contribution < 1.29 is 0 Å². The highest BCUT2D eigenvalue weighted by Crippen LogP contribution is 2.42. The highest BCUT2D eigenvalue weighted by Gasteiger charge is 2.20. The van der Waals surface area contributed by atoms with Crippen LogP contribution in [-0.2, 0) is 6.42 Å². The van der Waals surface area contributed by atoms with Gasteiger partial charge in [-0.1, -0.05) is 109 Å². The summed E-state index contributed by atoms with van der Waals surface area (Å²) >= 11 is 0. The second kappa shape index (κ2) is 12.5. The van der Waals surface area contributed by atoms with E-state index in [4.69, 9.17) is 0 Å². The van der Waals surface area contributed by atoms with Gasteiger partial charge in [-0.05, 0) is 108 Å². The number of anilines is 3. The Kier molecular flexibility index (Phi) is 7.42. The molecule has 0 aliphatic heterocycles. The van der Waals surface area contributed by atoms with Gasteiger partial charge < -0.3 is 9.47 Å². The molecule has 1 unspecified atom stereocenters. The topological polar surface area (TPSA) is 8.17 Å². The lowest BCUT2D eigenvalue weighted by Gasteiger charge is -2.26. The second-order valence-electron chi connectivity index (χ2n) is 13.0. The van der Waals surface area contributed by atoms with Gasteiger partial charge in [0.1, 0.15) is 0 Å². The lowest BCUT2D eigenvalue weighted by atomic mass is 9.93. The summed E-state index contributed by atoms with van der Waals surface area (Å²) in [6.07, 6.45) is 14.4. The first-order valence-corrected chi connectivity index (χ1v) is 17.3. The third-order valence-electron chi connectivity index (χ3n) is 9.89. The molecule has 0 bridgehead atoms. The maximum absolute atomic E-state index is 3.50. The molecule has 234 valence electrons. The van der Waals surface area contributed by atoms with Crippen molar-refractivity contribution in [3.05, 3.63) is 191 Å². The lowest BCUT2D eigenvalue weighted by molar-refractivity contribution is 0.845. The average Bonchev–Trinajstić information content (AvgIpc) is 3.51. The van der Waals surface area contributed by atoms with Gasteiger partial charge in [0.15, 0.2) is 0 Å². The number of allylic oxidation sites excluding steroid dienone is 5. The van der Waals surface area contributed by atoms with Crippen molar-refractivity contribution in [1.82, 2.24) is 4.57 Å². The molecule has 0 saturated heterocycles. The summed E-state index contributed by atoms with van der Waals surface area (Å²) in [5.41, 5.74) is 14.5. The molecule has 0 fully saturated rings. The van der Waals surface area contributed by atoms with Gasteiger partial charge in [-0.25, -0.2) is 0 Å². The Morgan fingerprint density at radius 2 is 1.43 bits per heavy atom. The van der Waals surface area contributed by atoms with Gasteiger partial charge in [-0.15, -0.1) is 5.73 Å². The first-order valence-electron chi connectivity index (χ1n) is 17.3. The minimum absolute atomic E-state index is 0.332. The molecule has 2 aliphatic rings. The van der Waals surface area contributed by atoms with Gasteiger partial charge in [-0.3, -0.25) is 0 Å². The summed E-state index contributed by atoms with van der Waals surface area (Å²) in [5, 5.41) is 5.03. The van der Waals surface area contributed by atoms with Crippen molar-refractivity contribution in [3.8, 4) is 5.69 Å². The number of rotatable bonds is 7. The van der Waals surface area contributed by atoms with Crippen LogP contribution in [0.15, 0.2) is 170 Å². The molecule has 2 heteroatoms. The monoisotopic (exact) mass is 628 g/mol. The largest absolute Gasteiger partial charge is 0.310 e. The van der Waals surface area contributed by atoms with Crippen LogP contribution in [0.2, 0.25) is 0 Å². The van der Waals surface area contributed by atoms with Crippen LogP contribution in [0.4, 0.5) is 17.1 Å². The molecule has 2 nitrogen and oxygen atoms in total. The van der Waals surface area contributed by atoms with Crippen LogP contribution >= 0.6 is 0 Å². The van der Waals surface area contributed by atoms with Gasteiger partial charge in [-0.2, -0.15) is 0 Å². The third-order valence-corrected chi connectivity index (χ3v) is 9.89. The van der Waals surface area contributed by atoms with Crippen molar-refractivity contribution >= 4 is 56.2 Å². The molecule has 1 atom stereocenters. The van der Waals surface area contributed by atoms with Gasteiger partial charge in [0.05, 0.1) is 11.0 Å². The van der Waals surface area contributed by atoms with E-state index >= 15 is 0 Å². The smallest absolute Gasteiger partial charge is 0.0562 e. The van der Waals surface area contributed by atoms with Gasteiger partial charge in [0.25, 0.3) is 0 Å². The van der Waals surface area contributed by atoms with E-state index < -0.39 is 0 Å². The van der Waals surface area contributed by atoms with E-state index in [1.807, 2.05) is 0 Å². The molecule has 0 spiro atoms. The maximum atomic E-state index is 3.50. The molecule has 0 radical (unpaired) electrons. The molecule has 7 aromatic rings. The Morgan fingerprint density at radius 3 is 2.24 bits per heavy atom. The predicted molar refractivity (Wildman–Crippen MR) is 207 cm³/mol. The number of para-hydroxylation sites is 2. The van der Waals surface area contributed by atoms with E-state index in [9.17, 15) is 0 Å². The SMILES string of the molecule is C1=CC(Cc2ccc(N(c3ccccc3)c3ccc4c5c(C6=CC=CCC6)cccc5n(-c5ccccc5)c4c3)cc2)C=c2ccccc2=1. The van der Waals surface area contributed by atoms with Gasteiger partial charge in [0.2, 0.25) is 0 Å². The van der Waals surface area contributed by atoms with Crippen LogP contribution < -0.4 is 15.3 Å². The summed E-state index contributed by atoms with van der Waals surface area (Å²) < 4.78 is 2.44. The first kappa shape index (κ1) is 29.1. The molecule has 1 aromatic heterocycles. The van der Waals surface area contributed by atoms with E-state index in [1.165, 1.54) is 54.6 Å². The Labute approximate surface area is 287 Å². The lowest BCUT2D eigenvalue weighted by Crippen LogP contribution is -2.26. The van der Waals surface area contributed by atoms with Gasteiger partial charge in [0, 0.05) is 44.7 Å². The van der Waals surface area contributed by atoms with E-state index in [0.717, 1.165) is 36.3 Å². The molecule has 0 amide bonds. The third kappa shape index (κ3) is 5.43. The van der Waals surface area contributed by atoms with Crippen molar-refractivity contribution in [2.45, 2.75) is 19.3 Å². The summed E-state index contributed by atoms with van der Waals surface area (Å²) in [5.74, 6) is 0.332. The number of aromatic nitrogens is 1. The summed E-state index contributed by atoms with van der Waals surface area (Å²) in [6, 6.07) is 52.9. The van der Waals surface area contributed by atoms with Crippen LogP contribution in [0.3, 0.4) is 0 Å². The van der Waals surface area contributed by atoms with E-state index in [-0.39, 0.29) is 0 Å². The van der Waals surface area contributed by atoms with Crippen molar-refractivity contribution in [2.75, 3.05) is 4.90 Å². The second-order valence-corrected chi connectivity index (χ2v) is 13.0. The predicted octanol–water partition coefficient (Wildman–Crippen LogP) is 10.6. The summed E-state index contributed by atoms with van der Waals surface area (Å²) in [4.78, 5) is 2.38. The molecule has 0 N–H and O–H groups in total. The minimum atomic E-state index is 0.332. The average molecular weight is 629 g/mol. The molecule has 49 heavy (non-hydrogen) atoms. The van der Waals surface area contributed by atoms with E-state index in [0.29, 0.717) is 5.92 Å². The standard InChI is InChI=1S/C47H36N2/c1-4-14-37(15-5-1)43-21-12-22-45-47(43)44-30-29-42(33-46(44)49(45)40-19-8-3-9-20-40)48(39-17-6-2-7-18-39)41-27-24-34(25-28-41)31-35-23-26-36-13-10-11-16-38(36)32-35/h1-4,6-14,16-25,27-30,32-33,35H,5,15,31H2. The fraction of sp³-hybridized carbons (Fsp3) is 0.0851. The Bertz CT molecular complexity index is 2550. The molecule has 1 heterocycles. The first-order chi connectivity index (χ1) is 24.3. The van der Waals surface area contributed by atoms with Crippen LogP contribution in [0.1, 0.15) is 24.0 Å². The maximum Gasteiger partial charge on any atom is 0.0562 e. The van der Waals surface area contributed by atoms with Gasteiger partial charge >= 0.3 is 0 Å². The van der Waals surface area contributed by atoms with E-state index in [2.05, 4.69) is 191 Å². The number of benzene rings is 6. The fourth-order valence-corrected chi connectivity index (χ4v) is 7.59. The van der Waals surface area contributed by atoms with Crippen molar-refractivity contribution in [3.63, 3.8) is 0 Å². The number of hydrogen-bond acceptors (Lipinski definition) is 1. The Balaban J connectivity index is 1.17. The van der Waals surface area contributed by atoms with Crippen LogP contribution in [0.5, 0.6) is 0 Å². The molecule has 0 saturated carbocycles. The van der Waals surface area contributed by atoms with Crippen molar-refractivity contribution in [1.29, 1.82) is 0 Å². The normalized spacial score (nSPS) is 15.0. The Morgan fingerprint density at radius 1 is 0.673 bits per heavy atom. The summed E-state index contributed by atoms with van der Waals surface area (Å²) in [7, 11) is 0. The quantitative estimate of drug-likeness (QED) is 0.171. The van der Waals surface area contributed by atoms with Crippen LogP contribution in [0.25, 0.3) is 44.9 Å². The number of nitrogens with zero attached hydrogens (tertiary/aromatic N) is 2. The van der Waals surface area contributed by atoms with Crippen molar-refractivity contribution in [2.24, 2.45) is 5.92 Å². The highest BCUT2D eigenvalue weighted by molar-refractivity contribution is 6.14. The zero-order valence-corrected chi connectivity index (χ0v) is 27.3. The fourth-order valence-electron chi connectivity index (χ4n) is 7.59. The molecular weight excluding hydrogens is 593 g/mol. The van der Waals surface area contributed by atoms with Crippen LogP contribution in [0, 0.1) is 5.92 Å². The highest BCUT2D eigenvalue weighted by atomic mass is 15.1. The Hall–Kier alpha value is -6.08. The molecule has 9 rings (SSSR count). The number of fused-ring (bicyclic) bond motifs is 4. The van der Waals surface area contributed by atoms with Crippen LogP contribution in [-0.4, -0.2) is 4.57 Å². The molecule has 6 aromatic carbocycles. The zero-order chi connectivity index (χ0) is 32.6. The number of hydrogen-bond donors (Lipinski definition) is 0. The molecule has 2 aliphatic carbocycles.